The highest BCUT2D eigenvalue weighted by molar-refractivity contribution is 5.92. The number of nitro groups is 1. The summed E-state index contributed by atoms with van der Waals surface area (Å²) in [6.07, 6.45) is -0.596. The van der Waals surface area contributed by atoms with Crippen LogP contribution < -0.4 is 16.4 Å². The van der Waals surface area contributed by atoms with Crippen molar-refractivity contribution in [1.29, 1.82) is 0 Å². The van der Waals surface area contributed by atoms with Crippen LogP contribution in [0, 0.1) is 15.9 Å². The number of rotatable bonds is 12. The average molecular weight is 502 g/mol. The number of benzene rings is 2. The van der Waals surface area contributed by atoms with Gasteiger partial charge in [0.25, 0.3) is 5.69 Å². The average Bonchev–Trinajstić information content (AvgIpc) is 2.82. The van der Waals surface area contributed by atoms with Crippen molar-refractivity contribution in [3.8, 4) is 0 Å². The van der Waals surface area contributed by atoms with Crippen molar-refractivity contribution in [3.05, 3.63) is 75.6 Å². The number of nitro benzene ring substituents is 1. The molecule has 0 unspecified atom stereocenters. The molecule has 4 N–H and O–H groups in total. The standard InChI is InChI=1S/C24H27FN4O7/c1-3-36-21(31)13-18(15-8-10-17(11-9-15)29(34)35)22(23(26)32)28-24(33)20(27-14(2)30)12-16-6-4-5-7-19(16)25/h4-11,18,20,22H,3,12-13H2,1-2H3,(H2,26,32)(H,27,30)(H,28,33)/t18-,20-,22+/m0/s1. The summed E-state index contributed by atoms with van der Waals surface area (Å²) in [4.78, 5) is 60.0. The molecule has 0 aliphatic heterocycles. The number of non-ortho nitro benzene ring substituents is 1. The number of primary amides is 1. The Balaban J connectivity index is 2.39. The zero-order valence-corrected chi connectivity index (χ0v) is 19.7. The van der Waals surface area contributed by atoms with Crippen molar-refractivity contribution in [1.82, 2.24) is 10.6 Å². The van der Waals surface area contributed by atoms with Gasteiger partial charge in [0, 0.05) is 31.4 Å². The molecule has 0 spiro atoms. The van der Waals surface area contributed by atoms with Crippen LogP contribution in [0.15, 0.2) is 48.5 Å². The van der Waals surface area contributed by atoms with E-state index in [4.69, 9.17) is 10.5 Å². The first kappa shape index (κ1) is 27.9. The van der Waals surface area contributed by atoms with Crippen LogP contribution >= 0.6 is 0 Å². The minimum atomic E-state index is -1.46. The zero-order valence-electron chi connectivity index (χ0n) is 19.7. The summed E-state index contributed by atoms with van der Waals surface area (Å²) in [7, 11) is 0. The molecule has 0 heterocycles. The topological polar surface area (TPSA) is 171 Å². The van der Waals surface area contributed by atoms with Gasteiger partial charge in [-0.3, -0.25) is 29.3 Å². The maximum atomic E-state index is 14.2. The van der Waals surface area contributed by atoms with Crippen molar-refractivity contribution < 1.29 is 33.2 Å². The fraction of sp³-hybridized carbons (Fsp3) is 0.333. The third-order valence-electron chi connectivity index (χ3n) is 5.31. The fourth-order valence-corrected chi connectivity index (χ4v) is 3.63. The SMILES string of the molecule is CCOC(=O)C[C@@H](c1ccc([N+](=O)[O-])cc1)[C@@H](NC(=O)[C@H](Cc1ccccc1F)NC(C)=O)C(N)=O. The van der Waals surface area contributed by atoms with E-state index in [0.717, 1.165) is 0 Å². The molecule has 2 rings (SSSR count). The Kier molecular flexibility index (Phi) is 10.0. The normalized spacial score (nSPS) is 13.1. The van der Waals surface area contributed by atoms with Crippen LogP contribution in [0.2, 0.25) is 0 Å². The number of hydrogen-bond donors (Lipinski definition) is 3. The fourth-order valence-electron chi connectivity index (χ4n) is 3.63. The highest BCUT2D eigenvalue weighted by Gasteiger charge is 2.34. The van der Waals surface area contributed by atoms with Gasteiger partial charge < -0.3 is 21.1 Å². The second-order valence-electron chi connectivity index (χ2n) is 7.90. The Hall–Kier alpha value is -4.35. The van der Waals surface area contributed by atoms with E-state index in [-0.39, 0.29) is 30.7 Å². The van der Waals surface area contributed by atoms with Crippen molar-refractivity contribution in [2.24, 2.45) is 5.73 Å². The van der Waals surface area contributed by atoms with E-state index in [1.54, 1.807) is 13.0 Å². The van der Waals surface area contributed by atoms with Crippen molar-refractivity contribution in [3.63, 3.8) is 0 Å². The second kappa shape index (κ2) is 12.9. The van der Waals surface area contributed by atoms with Crippen LogP contribution in [0.4, 0.5) is 10.1 Å². The van der Waals surface area contributed by atoms with Gasteiger partial charge in [-0.05, 0) is 24.1 Å². The number of hydrogen-bond acceptors (Lipinski definition) is 7. The molecule has 0 fully saturated rings. The van der Waals surface area contributed by atoms with Gasteiger partial charge in [0.05, 0.1) is 18.0 Å². The first-order chi connectivity index (χ1) is 17.0. The monoisotopic (exact) mass is 502 g/mol. The lowest BCUT2D eigenvalue weighted by atomic mass is 9.87. The number of nitrogens with one attached hydrogen (secondary N) is 2. The highest BCUT2D eigenvalue weighted by atomic mass is 19.1. The number of halogens is 1. The quantitative estimate of drug-likeness (QED) is 0.224. The minimum absolute atomic E-state index is 0.0622. The molecular weight excluding hydrogens is 475 g/mol. The first-order valence-electron chi connectivity index (χ1n) is 11.0. The number of amides is 3. The Labute approximate surface area is 206 Å². The van der Waals surface area contributed by atoms with Crippen LogP contribution in [0.1, 0.15) is 37.3 Å². The van der Waals surface area contributed by atoms with Gasteiger partial charge in [-0.25, -0.2) is 4.39 Å². The van der Waals surface area contributed by atoms with Crippen LogP contribution in [0.3, 0.4) is 0 Å². The van der Waals surface area contributed by atoms with E-state index >= 15 is 0 Å². The Morgan fingerprint density at radius 2 is 1.72 bits per heavy atom. The molecule has 0 radical (unpaired) electrons. The first-order valence-corrected chi connectivity index (χ1v) is 11.0. The van der Waals surface area contributed by atoms with Gasteiger partial charge >= 0.3 is 5.97 Å². The summed E-state index contributed by atoms with van der Waals surface area (Å²) in [5.41, 5.74) is 5.81. The van der Waals surface area contributed by atoms with Crippen molar-refractivity contribution in [2.45, 2.75) is 44.7 Å². The Morgan fingerprint density at radius 3 is 2.25 bits per heavy atom. The molecule has 0 saturated carbocycles. The molecule has 2 aromatic carbocycles. The predicted molar refractivity (Wildman–Crippen MR) is 126 cm³/mol. The number of nitrogens with zero attached hydrogens (tertiary/aromatic N) is 1. The molecule has 0 saturated heterocycles. The number of carbonyl (C=O) groups excluding carboxylic acids is 4. The lowest BCUT2D eigenvalue weighted by Crippen LogP contribution is -2.55. The molecule has 12 heteroatoms. The molecule has 0 bridgehead atoms. The number of esters is 1. The van der Waals surface area contributed by atoms with Gasteiger partial charge in [-0.1, -0.05) is 30.3 Å². The third-order valence-corrected chi connectivity index (χ3v) is 5.31. The van der Waals surface area contributed by atoms with Gasteiger partial charge in [-0.2, -0.15) is 0 Å². The summed E-state index contributed by atoms with van der Waals surface area (Å²) in [5, 5.41) is 15.9. The molecule has 3 atom stereocenters. The lowest BCUT2D eigenvalue weighted by Gasteiger charge is -2.27. The highest BCUT2D eigenvalue weighted by Crippen LogP contribution is 2.27. The van der Waals surface area contributed by atoms with E-state index in [2.05, 4.69) is 10.6 Å². The van der Waals surface area contributed by atoms with Gasteiger partial charge in [0.2, 0.25) is 17.7 Å². The van der Waals surface area contributed by atoms with E-state index in [0.29, 0.717) is 5.56 Å². The summed E-state index contributed by atoms with van der Waals surface area (Å²) >= 11 is 0. The number of nitrogens with two attached hydrogens (primary N) is 1. The number of carbonyl (C=O) groups is 4. The third kappa shape index (κ3) is 7.86. The molecule has 192 valence electrons. The maximum Gasteiger partial charge on any atom is 0.306 e. The summed E-state index contributed by atoms with van der Waals surface area (Å²) in [6.45, 7) is 2.83. The molecule has 0 aliphatic carbocycles. The predicted octanol–water partition coefficient (Wildman–Crippen LogP) is 1.49. The zero-order chi connectivity index (χ0) is 26.8. The molecule has 0 aliphatic rings. The molecular formula is C24H27FN4O7. The van der Waals surface area contributed by atoms with Crippen LogP contribution in [-0.4, -0.2) is 47.3 Å². The molecule has 11 nitrogen and oxygen atoms in total. The van der Waals surface area contributed by atoms with Crippen LogP contribution in [-0.2, 0) is 30.3 Å². The van der Waals surface area contributed by atoms with Crippen molar-refractivity contribution in [2.75, 3.05) is 6.61 Å². The lowest BCUT2D eigenvalue weighted by molar-refractivity contribution is -0.384. The summed E-state index contributed by atoms with van der Waals surface area (Å²) in [5.74, 6) is -4.72. The van der Waals surface area contributed by atoms with Gasteiger partial charge in [0.15, 0.2) is 0 Å². The Morgan fingerprint density at radius 1 is 1.08 bits per heavy atom. The van der Waals surface area contributed by atoms with Crippen LogP contribution in [0.5, 0.6) is 0 Å². The van der Waals surface area contributed by atoms with E-state index in [1.165, 1.54) is 49.4 Å². The number of ether oxygens (including phenoxy) is 1. The molecule has 3 amide bonds. The van der Waals surface area contributed by atoms with Crippen molar-refractivity contribution >= 4 is 29.4 Å². The van der Waals surface area contributed by atoms with E-state index in [1.807, 2.05) is 0 Å². The smallest absolute Gasteiger partial charge is 0.306 e. The van der Waals surface area contributed by atoms with E-state index in [9.17, 15) is 33.7 Å². The largest absolute Gasteiger partial charge is 0.466 e. The molecule has 36 heavy (non-hydrogen) atoms. The Bertz CT molecular complexity index is 1120. The van der Waals surface area contributed by atoms with E-state index < -0.39 is 52.4 Å². The molecule has 0 aromatic heterocycles. The maximum absolute atomic E-state index is 14.2. The summed E-state index contributed by atoms with van der Waals surface area (Å²) in [6, 6.07) is 8.02. The minimum Gasteiger partial charge on any atom is -0.466 e. The molecule has 2 aromatic rings. The van der Waals surface area contributed by atoms with Gasteiger partial charge in [0.1, 0.15) is 17.9 Å². The van der Waals surface area contributed by atoms with Gasteiger partial charge in [-0.15, -0.1) is 0 Å². The van der Waals surface area contributed by atoms with Crippen LogP contribution in [0.25, 0.3) is 0 Å². The summed E-state index contributed by atoms with van der Waals surface area (Å²) < 4.78 is 19.2. The second-order valence-corrected chi connectivity index (χ2v) is 7.90.